The summed E-state index contributed by atoms with van der Waals surface area (Å²) in [4.78, 5) is 0. The van der Waals surface area contributed by atoms with E-state index in [1.807, 2.05) is 0 Å². The molecule has 2 atom stereocenters. The summed E-state index contributed by atoms with van der Waals surface area (Å²) in [6.45, 7) is 4.95. The van der Waals surface area contributed by atoms with Crippen LogP contribution in [0.3, 0.4) is 0 Å². The summed E-state index contributed by atoms with van der Waals surface area (Å²) in [6, 6.07) is 0.310. The molecule has 0 aromatic rings. The first-order valence-corrected chi connectivity index (χ1v) is 6.19. The van der Waals surface area contributed by atoms with Gasteiger partial charge in [0.25, 0.3) is 0 Å². The van der Waals surface area contributed by atoms with Crippen molar-refractivity contribution in [1.29, 1.82) is 0 Å². The summed E-state index contributed by atoms with van der Waals surface area (Å²) in [7, 11) is 0. The highest BCUT2D eigenvalue weighted by molar-refractivity contribution is 4.87. The monoisotopic (exact) mass is 213 g/mol. The van der Waals surface area contributed by atoms with Crippen LogP contribution in [0.4, 0.5) is 0 Å². The fourth-order valence-corrected chi connectivity index (χ4v) is 2.46. The van der Waals surface area contributed by atoms with Gasteiger partial charge in [-0.1, -0.05) is 26.2 Å². The van der Waals surface area contributed by atoms with Crippen molar-refractivity contribution in [2.75, 3.05) is 19.8 Å². The third-order valence-electron chi connectivity index (χ3n) is 3.67. The van der Waals surface area contributed by atoms with Crippen molar-refractivity contribution >= 4 is 0 Å². The normalized spacial score (nSPS) is 35.6. The summed E-state index contributed by atoms with van der Waals surface area (Å²) in [5.41, 5.74) is 0.312. The summed E-state index contributed by atoms with van der Waals surface area (Å²) < 4.78 is 5.23. The molecule has 1 aliphatic carbocycles. The maximum absolute atomic E-state index is 9.94. The van der Waals surface area contributed by atoms with E-state index in [0.717, 1.165) is 32.6 Å². The van der Waals surface area contributed by atoms with E-state index in [2.05, 4.69) is 12.2 Å². The Balaban J connectivity index is 1.76. The molecule has 88 valence electrons. The van der Waals surface area contributed by atoms with Crippen molar-refractivity contribution in [2.24, 2.45) is 5.41 Å². The van der Waals surface area contributed by atoms with E-state index in [4.69, 9.17) is 4.74 Å². The zero-order chi connectivity index (χ0) is 10.7. The zero-order valence-corrected chi connectivity index (χ0v) is 9.67. The first kappa shape index (κ1) is 11.4. The van der Waals surface area contributed by atoms with Crippen molar-refractivity contribution in [1.82, 2.24) is 5.32 Å². The van der Waals surface area contributed by atoms with Gasteiger partial charge < -0.3 is 15.2 Å². The third kappa shape index (κ3) is 2.92. The lowest BCUT2D eigenvalue weighted by atomic mass is 9.88. The molecule has 0 aromatic heterocycles. The molecule has 0 bridgehead atoms. The molecule has 3 nitrogen and oxygen atoms in total. The Bertz CT molecular complexity index is 204. The van der Waals surface area contributed by atoms with Gasteiger partial charge in [0.15, 0.2) is 0 Å². The number of hydrogen-bond donors (Lipinski definition) is 2. The van der Waals surface area contributed by atoms with Crippen LogP contribution in [0.15, 0.2) is 0 Å². The van der Waals surface area contributed by atoms with Crippen molar-refractivity contribution in [2.45, 2.75) is 51.2 Å². The van der Waals surface area contributed by atoms with Crippen LogP contribution in [0.1, 0.15) is 39.0 Å². The van der Waals surface area contributed by atoms with E-state index in [9.17, 15) is 5.11 Å². The van der Waals surface area contributed by atoms with Gasteiger partial charge in [0.05, 0.1) is 19.3 Å². The predicted octanol–water partition coefficient (Wildman–Crippen LogP) is 1.31. The maximum Gasteiger partial charge on any atom is 0.0693 e. The smallest absolute Gasteiger partial charge is 0.0693 e. The Kier molecular flexibility index (Phi) is 3.65. The Labute approximate surface area is 92.2 Å². The molecule has 15 heavy (non-hydrogen) atoms. The molecule has 1 saturated carbocycles. The van der Waals surface area contributed by atoms with Crippen LogP contribution in [0, 0.1) is 5.41 Å². The van der Waals surface area contributed by atoms with Gasteiger partial charge in [-0.05, 0) is 12.8 Å². The molecule has 2 aliphatic rings. The van der Waals surface area contributed by atoms with Gasteiger partial charge in [0, 0.05) is 18.0 Å². The minimum atomic E-state index is -0.142. The molecule has 1 aliphatic heterocycles. The molecule has 2 unspecified atom stereocenters. The molecule has 3 heteroatoms. The molecular formula is C12H23NO2. The summed E-state index contributed by atoms with van der Waals surface area (Å²) in [6.07, 6.45) is 5.65. The largest absolute Gasteiger partial charge is 0.392 e. The average molecular weight is 213 g/mol. The van der Waals surface area contributed by atoms with Crippen molar-refractivity contribution in [3.8, 4) is 0 Å². The van der Waals surface area contributed by atoms with Crippen LogP contribution in [0.25, 0.3) is 0 Å². The van der Waals surface area contributed by atoms with Crippen LogP contribution in [0.2, 0.25) is 0 Å². The molecule has 0 radical (unpaired) electrons. The van der Waals surface area contributed by atoms with Gasteiger partial charge in [0.1, 0.15) is 0 Å². The number of aliphatic hydroxyl groups is 1. The second kappa shape index (κ2) is 4.81. The first-order chi connectivity index (χ1) is 7.20. The maximum atomic E-state index is 9.94. The number of ether oxygens (including phenoxy) is 1. The molecule has 0 spiro atoms. The van der Waals surface area contributed by atoms with Crippen LogP contribution in [0.5, 0.6) is 0 Å². The van der Waals surface area contributed by atoms with Crippen LogP contribution in [-0.2, 0) is 4.74 Å². The molecule has 1 heterocycles. The van der Waals surface area contributed by atoms with Crippen LogP contribution in [-0.4, -0.2) is 37.0 Å². The SMILES string of the molecule is CC1(CNC2CCCCCC2O)COC1. The van der Waals surface area contributed by atoms with Crippen LogP contribution < -0.4 is 5.32 Å². The minimum Gasteiger partial charge on any atom is -0.392 e. The molecule has 0 aromatic carbocycles. The highest BCUT2D eigenvalue weighted by Crippen LogP contribution is 2.26. The van der Waals surface area contributed by atoms with Crippen molar-refractivity contribution in [3.05, 3.63) is 0 Å². The minimum absolute atomic E-state index is 0.142. The molecular weight excluding hydrogens is 190 g/mol. The van der Waals surface area contributed by atoms with Crippen molar-refractivity contribution in [3.63, 3.8) is 0 Å². The first-order valence-electron chi connectivity index (χ1n) is 6.19. The third-order valence-corrected chi connectivity index (χ3v) is 3.67. The topological polar surface area (TPSA) is 41.5 Å². The molecule has 2 rings (SSSR count). The lowest BCUT2D eigenvalue weighted by molar-refractivity contribution is -0.101. The summed E-state index contributed by atoms with van der Waals surface area (Å²) in [5.74, 6) is 0. The fourth-order valence-electron chi connectivity index (χ4n) is 2.46. The second-order valence-corrected chi connectivity index (χ2v) is 5.50. The van der Waals surface area contributed by atoms with Crippen LogP contribution >= 0.6 is 0 Å². The fraction of sp³-hybridized carbons (Fsp3) is 1.00. The standard InChI is InChI=1S/C12H23NO2/c1-12(8-15-9-12)7-13-10-5-3-2-4-6-11(10)14/h10-11,13-14H,2-9H2,1H3. The van der Waals surface area contributed by atoms with Gasteiger partial charge in [-0.2, -0.15) is 0 Å². The quantitative estimate of drug-likeness (QED) is 0.694. The van der Waals surface area contributed by atoms with Gasteiger partial charge >= 0.3 is 0 Å². The average Bonchev–Trinajstić information content (AvgIpc) is 2.37. The summed E-state index contributed by atoms with van der Waals surface area (Å²) >= 11 is 0. The second-order valence-electron chi connectivity index (χ2n) is 5.50. The van der Waals surface area contributed by atoms with E-state index in [1.165, 1.54) is 19.3 Å². The van der Waals surface area contributed by atoms with Gasteiger partial charge in [0.2, 0.25) is 0 Å². The van der Waals surface area contributed by atoms with E-state index in [0.29, 0.717) is 11.5 Å². The van der Waals surface area contributed by atoms with Gasteiger partial charge in [-0.15, -0.1) is 0 Å². The number of aliphatic hydroxyl groups excluding tert-OH is 1. The Morgan fingerprint density at radius 2 is 2.00 bits per heavy atom. The lowest BCUT2D eigenvalue weighted by Gasteiger charge is -2.39. The van der Waals surface area contributed by atoms with E-state index < -0.39 is 0 Å². The highest BCUT2D eigenvalue weighted by atomic mass is 16.5. The number of nitrogens with one attached hydrogen (secondary N) is 1. The molecule has 1 saturated heterocycles. The van der Waals surface area contributed by atoms with Crippen molar-refractivity contribution < 1.29 is 9.84 Å². The molecule has 2 fully saturated rings. The number of hydrogen-bond acceptors (Lipinski definition) is 3. The molecule has 0 amide bonds. The van der Waals surface area contributed by atoms with E-state index >= 15 is 0 Å². The Hall–Kier alpha value is -0.120. The Morgan fingerprint density at radius 3 is 2.67 bits per heavy atom. The summed E-state index contributed by atoms with van der Waals surface area (Å²) in [5, 5.41) is 13.5. The number of rotatable bonds is 3. The van der Waals surface area contributed by atoms with E-state index in [1.54, 1.807) is 0 Å². The lowest BCUT2D eigenvalue weighted by Crippen LogP contribution is -2.51. The predicted molar refractivity (Wildman–Crippen MR) is 59.8 cm³/mol. The zero-order valence-electron chi connectivity index (χ0n) is 9.67. The Morgan fingerprint density at radius 1 is 1.27 bits per heavy atom. The van der Waals surface area contributed by atoms with Gasteiger partial charge in [-0.3, -0.25) is 0 Å². The van der Waals surface area contributed by atoms with Gasteiger partial charge in [-0.25, -0.2) is 0 Å². The van der Waals surface area contributed by atoms with E-state index in [-0.39, 0.29) is 6.10 Å². The molecule has 2 N–H and O–H groups in total. The highest BCUT2D eigenvalue weighted by Gasteiger charge is 2.34.